The topological polar surface area (TPSA) is 119 Å². The summed E-state index contributed by atoms with van der Waals surface area (Å²) in [6.45, 7) is 10.5. The first-order valence-corrected chi connectivity index (χ1v) is 17.8. The van der Waals surface area contributed by atoms with Crippen LogP contribution in [0.5, 0.6) is 0 Å². The van der Waals surface area contributed by atoms with Gasteiger partial charge in [0, 0.05) is 42.5 Å². The zero-order chi connectivity index (χ0) is 36.2. The van der Waals surface area contributed by atoms with Gasteiger partial charge in [-0.1, -0.05) is 73.3 Å². The molecule has 0 amide bonds. The Kier molecular flexibility index (Phi) is 13.1. The quantitative estimate of drug-likeness (QED) is 0.0658. The van der Waals surface area contributed by atoms with Crippen LogP contribution >= 0.6 is 0 Å². The normalized spacial score (nSPS) is 13.1. The third-order valence-electron chi connectivity index (χ3n) is 9.19. The van der Waals surface area contributed by atoms with Crippen molar-refractivity contribution >= 4 is 17.5 Å². The van der Waals surface area contributed by atoms with Crippen LogP contribution in [0, 0.1) is 6.92 Å². The van der Waals surface area contributed by atoms with Crippen molar-refractivity contribution in [3.63, 3.8) is 0 Å². The highest BCUT2D eigenvalue weighted by atomic mass is 16.5. The highest BCUT2D eigenvalue weighted by Gasteiger charge is 2.21. The smallest absolute Gasteiger partial charge is 0.352 e. The van der Waals surface area contributed by atoms with Crippen molar-refractivity contribution in [3.8, 4) is 11.3 Å². The summed E-state index contributed by atoms with van der Waals surface area (Å²) in [7, 11) is 0. The molecule has 0 unspecified atom stereocenters. The minimum absolute atomic E-state index is 0.141. The highest BCUT2D eigenvalue weighted by Crippen LogP contribution is 2.34. The van der Waals surface area contributed by atoms with E-state index in [-0.39, 0.29) is 23.7 Å². The lowest BCUT2D eigenvalue weighted by Gasteiger charge is -2.23. The minimum Gasteiger partial charge on any atom is -0.477 e. The molecule has 8 nitrogen and oxygen atoms in total. The Hall–Kier alpha value is -5.34. The lowest BCUT2D eigenvalue weighted by molar-refractivity contribution is -0.143. The molecule has 0 spiro atoms. The number of pyridine rings is 2. The Morgan fingerprint density at radius 2 is 1.69 bits per heavy atom. The summed E-state index contributed by atoms with van der Waals surface area (Å²) in [5.74, 6) is -1.58. The van der Waals surface area contributed by atoms with Crippen molar-refractivity contribution in [2.75, 3.05) is 13.2 Å². The number of rotatable bonds is 17. The van der Waals surface area contributed by atoms with Crippen molar-refractivity contribution in [1.29, 1.82) is 0 Å². The summed E-state index contributed by atoms with van der Waals surface area (Å²) in [6, 6.07) is 25.5. The maximum atomic E-state index is 12.1. The first kappa shape index (κ1) is 36.9. The Bertz CT molecular complexity index is 1860. The van der Waals surface area contributed by atoms with Crippen molar-refractivity contribution in [2.45, 2.75) is 71.9 Å². The average Bonchev–Trinajstić information content (AvgIpc) is 3.61. The fourth-order valence-corrected chi connectivity index (χ4v) is 6.66. The van der Waals surface area contributed by atoms with E-state index >= 15 is 0 Å². The molecule has 0 radical (unpaired) electrons. The third kappa shape index (κ3) is 10.1. The fraction of sp³-hybridized carbons (Fsp3) is 0.302. The van der Waals surface area contributed by atoms with Gasteiger partial charge in [-0.2, -0.15) is 0 Å². The molecule has 264 valence electrons. The molecular formula is C43H48N4O4. The molecule has 8 heteroatoms. The number of benzene rings is 2. The predicted octanol–water partition coefficient (Wildman–Crippen LogP) is 7.79. The van der Waals surface area contributed by atoms with Gasteiger partial charge < -0.3 is 15.6 Å². The highest BCUT2D eigenvalue weighted by molar-refractivity contribution is 5.98. The number of hydrogen-bond acceptors (Lipinski definition) is 7. The van der Waals surface area contributed by atoms with E-state index in [1.807, 2.05) is 13.0 Å². The van der Waals surface area contributed by atoms with Crippen LogP contribution < -0.4 is 5.73 Å². The van der Waals surface area contributed by atoms with E-state index in [1.165, 1.54) is 22.3 Å². The van der Waals surface area contributed by atoms with Gasteiger partial charge in [-0.05, 0) is 111 Å². The second-order valence-corrected chi connectivity index (χ2v) is 13.0. The van der Waals surface area contributed by atoms with Gasteiger partial charge in [0.05, 0.1) is 18.0 Å². The molecule has 0 bridgehead atoms. The summed E-state index contributed by atoms with van der Waals surface area (Å²) in [5, 5.41) is 9.85. The molecule has 3 N–H and O–H groups in total. The number of aliphatic carboxylic acids is 1. The molecule has 2 aromatic carbocycles. The Morgan fingerprint density at radius 3 is 2.29 bits per heavy atom. The van der Waals surface area contributed by atoms with Crippen molar-refractivity contribution in [2.24, 2.45) is 5.73 Å². The van der Waals surface area contributed by atoms with Gasteiger partial charge in [-0.25, -0.2) is 4.79 Å². The van der Waals surface area contributed by atoms with E-state index in [0.29, 0.717) is 24.3 Å². The van der Waals surface area contributed by atoms with E-state index in [4.69, 9.17) is 20.4 Å². The summed E-state index contributed by atoms with van der Waals surface area (Å²) >= 11 is 0. The van der Waals surface area contributed by atoms with Crippen LogP contribution in [0.2, 0.25) is 0 Å². The van der Waals surface area contributed by atoms with Crippen molar-refractivity contribution in [1.82, 2.24) is 14.9 Å². The van der Waals surface area contributed by atoms with Crippen LogP contribution in [0.4, 0.5) is 0 Å². The Morgan fingerprint density at radius 1 is 1.00 bits per heavy atom. The molecule has 2 heterocycles. The molecular weight excluding hydrogens is 636 g/mol. The monoisotopic (exact) mass is 684 g/mol. The molecule has 0 aliphatic heterocycles. The van der Waals surface area contributed by atoms with Crippen LogP contribution in [0.1, 0.15) is 71.8 Å². The van der Waals surface area contributed by atoms with Gasteiger partial charge in [-0.3, -0.25) is 19.7 Å². The second kappa shape index (κ2) is 18.1. The summed E-state index contributed by atoms with van der Waals surface area (Å²) in [4.78, 5) is 36.5. The Balaban J connectivity index is 1.38. The third-order valence-corrected chi connectivity index (χ3v) is 9.19. The van der Waals surface area contributed by atoms with Gasteiger partial charge in [0.15, 0.2) is 0 Å². The van der Waals surface area contributed by atoms with E-state index in [9.17, 15) is 14.7 Å². The second-order valence-electron chi connectivity index (χ2n) is 13.0. The average molecular weight is 685 g/mol. The van der Waals surface area contributed by atoms with E-state index < -0.39 is 5.97 Å². The lowest BCUT2D eigenvalue weighted by atomic mass is 9.97. The minimum atomic E-state index is -1.25. The van der Waals surface area contributed by atoms with Crippen molar-refractivity contribution < 1.29 is 19.4 Å². The van der Waals surface area contributed by atoms with Crippen LogP contribution in [-0.2, 0) is 46.7 Å². The molecule has 51 heavy (non-hydrogen) atoms. The number of carboxylic acids is 1. The fourth-order valence-electron chi connectivity index (χ4n) is 6.66. The molecule has 0 atom stereocenters. The van der Waals surface area contributed by atoms with Crippen LogP contribution in [0.25, 0.3) is 16.8 Å². The van der Waals surface area contributed by atoms with Crippen LogP contribution in [-0.4, -0.2) is 45.1 Å². The molecule has 0 fully saturated rings. The van der Waals surface area contributed by atoms with Crippen molar-refractivity contribution in [3.05, 3.63) is 148 Å². The number of ether oxygens (including phenoxy) is 1. The molecule has 0 saturated heterocycles. The molecule has 1 aliphatic rings. The predicted molar refractivity (Wildman–Crippen MR) is 202 cm³/mol. The first-order chi connectivity index (χ1) is 24.7. The number of carboxylic acid groups (broad SMARTS) is 1. The number of nitrogens with two attached hydrogens (primary N) is 1. The SMILES string of the molecule is C=C/C(=C\C(=C(/N)C(=O)O)c1ncc(-c2nc(CCCN(Cc3ccccc3)Cc3ccccc3)cc3c2CCC3)cc1C)CCC(=O)OCC. The lowest BCUT2D eigenvalue weighted by Crippen LogP contribution is -2.24. The van der Waals surface area contributed by atoms with E-state index in [1.54, 1.807) is 25.3 Å². The molecule has 5 rings (SSSR count). The maximum absolute atomic E-state index is 12.1. The zero-order valence-corrected chi connectivity index (χ0v) is 29.7. The van der Waals surface area contributed by atoms with Gasteiger partial charge in [0.1, 0.15) is 5.70 Å². The Labute approximate surface area is 301 Å². The first-order valence-electron chi connectivity index (χ1n) is 17.8. The number of esters is 1. The van der Waals surface area contributed by atoms with Crippen LogP contribution in [0.3, 0.4) is 0 Å². The number of carbonyl (C=O) groups excluding carboxylic acids is 1. The molecule has 0 saturated carbocycles. The van der Waals surface area contributed by atoms with Gasteiger partial charge >= 0.3 is 11.9 Å². The number of aryl methyl sites for hydroxylation is 3. The number of carbonyl (C=O) groups is 2. The van der Waals surface area contributed by atoms with E-state index in [0.717, 1.165) is 74.3 Å². The molecule has 1 aliphatic carbocycles. The van der Waals surface area contributed by atoms with Gasteiger partial charge in [0.2, 0.25) is 0 Å². The summed E-state index contributed by atoms with van der Waals surface area (Å²) in [5.41, 5.74) is 16.1. The summed E-state index contributed by atoms with van der Waals surface area (Å²) < 4.78 is 5.05. The number of allylic oxidation sites excluding steroid dienone is 4. The zero-order valence-electron chi connectivity index (χ0n) is 29.7. The van der Waals surface area contributed by atoms with Gasteiger partial charge in [0.25, 0.3) is 0 Å². The van der Waals surface area contributed by atoms with E-state index in [2.05, 4.69) is 78.2 Å². The standard InChI is InChI=1S/C43H48N4O4/c1-4-31(21-22-39(48)51-5-2)25-38(40(44)43(49)50)41-30(3)24-35(27-45-41)42-37-20-12-18-34(37)26-36(46-42)19-13-23-47(28-32-14-8-6-9-15-32)29-33-16-10-7-11-17-33/h4,6-11,14-17,24-27H,1,5,12-13,18-23,28-29,44H2,2-3H3,(H,49,50)/b31-25+,40-38+. The molecule has 2 aromatic heterocycles. The number of nitrogens with zero attached hydrogens (tertiary/aromatic N) is 3. The molecule has 4 aromatic rings. The number of hydrogen-bond donors (Lipinski definition) is 2. The largest absolute Gasteiger partial charge is 0.477 e. The number of aromatic nitrogens is 2. The van der Waals surface area contributed by atoms with Gasteiger partial charge in [-0.15, -0.1) is 0 Å². The van der Waals surface area contributed by atoms with Crippen LogP contribution in [0.15, 0.2) is 109 Å². The summed E-state index contributed by atoms with van der Waals surface area (Å²) in [6.07, 6.45) is 10.4. The number of fused-ring (bicyclic) bond motifs is 1. The maximum Gasteiger partial charge on any atom is 0.352 e.